The minimum absolute atomic E-state index is 0.0302. The fourth-order valence-corrected chi connectivity index (χ4v) is 3.98. The van der Waals surface area contributed by atoms with E-state index in [9.17, 15) is 8.42 Å². The number of hydrogen-bond donors (Lipinski definition) is 2. The molecule has 0 saturated carbocycles. The first-order valence-electron chi connectivity index (χ1n) is 9.49. The van der Waals surface area contributed by atoms with Gasteiger partial charge in [0.15, 0.2) is 5.82 Å². The average molecular weight is 426 g/mol. The summed E-state index contributed by atoms with van der Waals surface area (Å²) in [5.74, 6) is 1.24. The number of nitrogens with one attached hydrogen (secondary N) is 2. The summed E-state index contributed by atoms with van der Waals surface area (Å²) < 4.78 is 27.7. The third-order valence-electron chi connectivity index (χ3n) is 4.81. The molecule has 2 N–H and O–H groups in total. The van der Waals surface area contributed by atoms with E-state index in [1.54, 1.807) is 20.0 Å². The predicted molar refractivity (Wildman–Crippen MR) is 118 cm³/mol. The number of aromatic nitrogens is 5. The molecule has 30 heavy (non-hydrogen) atoms. The molecule has 9 nitrogen and oxygen atoms in total. The number of anilines is 3. The van der Waals surface area contributed by atoms with Crippen LogP contribution in [-0.4, -0.2) is 45.8 Å². The van der Waals surface area contributed by atoms with E-state index in [2.05, 4.69) is 20.5 Å². The highest BCUT2D eigenvalue weighted by atomic mass is 32.2. The van der Waals surface area contributed by atoms with Gasteiger partial charge in [-0.1, -0.05) is 12.1 Å². The minimum Gasteiger partial charge on any atom is -0.308 e. The fraction of sp³-hybridized carbons (Fsp3) is 0.250. The molecule has 4 rings (SSSR count). The van der Waals surface area contributed by atoms with Gasteiger partial charge in [0.05, 0.1) is 22.8 Å². The molecular formula is C20H23N7O2S. The molecule has 10 heteroatoms. The van der Waals surface area contributed by atoms with Crippen LogP contribution in [0.2, 0.25) is 0 Å². The number of H-pyrrole nitrogens is 1. The largest absolute Gasteiger partial charge is 0.308 e. The number of rotatable bonds is 6. The van der Waals surface area contributed by atoms with E-state index in [1.165, 1.54) is 4.31 Å². The molecule has 3 heterocycles. The molecule has 0 aliphatic heterocycles. The maximum atomic E-state index is 12.3. The number of imidazole rings is 1. The summed E-state index contributed by atoms with van der Waals surface area (Å²) in [5, 5.41) is 10.3. The number of aromatic amines is 1. The van der Waals surface area contributed by atoms with Crippen molar-refractivity contribution in [2.45, 2.75) is 20.8 Å². The van der Waals surface area contributed by atoms with E-state index < -0.39 is 10.0 Å². The topological polar surface area (TPSA) is 108 Å². The molecule has 0 amide bonds. The first kappa shape index (κ1) is 19.9. The number of nitrogens with zero attached hydrogens (tertiary/aromatic N) is 5. The molecule has 0 aliphatic rings. The Kier molecular flexibility index (Phi) is 4.94. The second kappa shape index (κ2) is 7.45. The van der Waals surface area contributed by atoms with Crippen molar-refractivity contribution in [1.29, 1.82) is 0 Å². The van der Waals surface area contributed by atoms with E-state index in [0.29, 0.717) is 23.1 Å². The third kappa shape index (κ3) is 3.73. The Morgan fingerprint density at radius 1 is 1.17 bits per heavy atom. The Morgan fingerprint density at radius 2 is 1.97 bits per heavy atom. The maximum absolute atomic E-state index is 12.3. The van der Waals surface area contributed by atoms with Crippen LogP contribution in [-0.2, 0) is 10.0 Å². The zero-order chi connectivity index (χ0) is 21.5. The molecule has 0 bridgehead atoms. The van der Waals surface area contributed by atoms with Crippen molar-refractivity contribution in [2.75, 3.05) is 22.4 Å². The van der Waals surface area contributed by atoms with Crippen molar-refractivity contribution in [2.24, 2.45) is 0 Å². The van der Waals surface area contributed by atoms with Gasteiger partial charge in [0.1, 0.15) is 5.65 Å². The van der Waals surface area contributed by atoms with Crippen molar-refractivity contribution in [3.63, 3.8) is 0 Å². The maximum Gasteiger partial charge on any atom is 0.234 e. The molecule has 4 aromatic rings. The van der Waals surface area contributed by atoms with Crippen LogP contribution in [0.1, 0.15) is 18.3 Å². The summed E-state index contributed by atoms with van der Waals surface area (Å²) in [5.41, 5.74) is 4.56. The summed E-state index contributed by atoms with van der Waals surface area (Å²) in [7, 11) is -1.80. The molecule has 1 aromatic carbocycles. The average Bonchev–Trinajstić information content (AvgIpc) is 3.31. The van der Waals surface area contributed by atoms with E-state index in [4.69, 9.17) is 4.98 Å². The van der Waals surface area contributed by atoms with Crippen LogP contribution in [0, 0.1) is 13.8 Å². The Labute approximate surface area is 174 Å². The number of hydrogen-bond acceptors (Lipinski definition) is 6. The van der Waals surface area contributed by atoms with Crippen molar-refractivity contribution in [3.05, 3.63) is 54.0 Å². The van der Waals surface area contributed by atoms with Gasteiger partial charge in [0.25, 0.3) is 0 Å². The Balaban J connectivity index is 1.80. The number of sulfonamides is 1. The Hall–Kier alpha value is -3.40. The highest BCUT2D eigenvalue weighted by Gasteiger charge is 2.17. The molecule has 3 aromatic heterocycles. The lowest BCUT2D eigenvalue weighted by molar-refractivity contribution is 0.595. The predicted octanol–water partition coefficient (Wildman–Crippen LogP) is 3.27. The minimum atomic E-state index is -3.36. The molecule has 0 aliphatic carbocycles. The summed E-state index contributed by atoms with van der Waals surface area (Å²) in [6, 6.07) is 11.0. The summed E-state index contributed by atoms with van der Waals surface area (Å²) in [6.45, 7) is 5.46. The SMILES string of the molecule is CCS(=O)(=O)N(C)c1cccc(-c2cc3nc(C)cn3c(Nc3cc(C)[nH]n3)n2)c1. The number of benzene rings is 1. The lowest BCUT2D eigenvalue weighted by Crippen LogP contribution is -2.27. The molecule has 0 radical (unpaired) electrons. The van der Waals surface area contributed by atoms with Crippen molar-refractivity contribution in [1.82, 2.24) is 24.6 Å². The zero-order valence-corrected chi connectivity index (χ0v) is 18.0. The second-order valence-corrected chi connectivity index (χ2v) is 9.34. The van der Waals surface area contributed by atoms with Crippen molar-refractivity contribution in [3.8, 4) is 11.3 Å². The third-order valence-corrected chi connectivity index (χ3v) is 6.58. The summed E-state index contributed by atoms with van der Waals surface area (Å²) >= 11 is 0. The van der Waals surface area contributed by atoms with Crippen LogP contribution in [0.25, 0.3) is 16.9 Å². The van der Waals surface area contributed by atoms with E-state index in [0.717, 1.165) is 22.6 Å². The number of aryl methyl sites for hydroxylation is 2. The first-order valence-corrected chi connectivity index (χ1v) is 11.1. The van der Waals surface area contributed by atoms with Crippen LogP contribution in [0.4, 0.5) is 17.5 Å². The second-order valence-electron chi connectivity index (χ2n) is 7.06. The normalized spacial score (nSPS) is 11.7. The molecule has 0 fully saturated rings. The quantitative estimate of drug-likeness (QED) is 0.491. The van der Waals surface area contributed by atoms with E-state index in [1.807, 2.05) is 54.8 Å². The van der Waals surface area contributed by atoms with E-state index >= 15 is 0 Å². The van der Waals surface area contributed by atoms with Crippen LogP contribution in [0.3, 0.4) is 0 Å². The van der Waals surface area contributed by atoms with Gasteiger partial charge in [-0.3, -0.25) is 13.8 Å². The van der Waals surface area contributed by atoms with Crippen LogP contribution in [0.5, 0.6) is 0 Å². The highest BCUT2D eigenvalue weighted by Crippen LogP contribution is 2.27. The van der Waals surface area contributed by atoms with Crippen molar-refractivity contribution >= 4 is 33.1 Å². The van der Waals surface area contributed by atoms with Gasteiger partial charge in [-0.05, 0) is 32.9 Å². The van der Waals surface area contributed by atoms with Crippen molar-refractivity contribution < 1.29 is 8.42 Å². The molecule has 0 spiro atoms. The molecule has 0 unspecified atom stereocenters. The smallest absolute Gasteiger partial charge is 0.234 e. The van der Waals surface area contributed by atoms with Gasteiger partial charge < -0.3 is 5.32 Å². The fourth-order valence-electron chi connectivity index (χ4n) is 3.16. The van der Waals surface area contributed by atoms with Gasteiger partial charge in [-0.2, -0.15) is 5.10 Å². The summed E-state index contributed by atoms with van der Waals surface area (Å²) in [4.78, 5) is 9.33. The lowest BCUT2D eigenvalue weighted by atomic mass is 10.1. The van der Waals surface area contributed by atoms with Crippen LogP contribution < -0.4 is 9.62 Å². The number of fused-ring (bicyclic) bond motifs is 1. The standard InChI is InChI=1S/C20H23N7O2S/c1-5-30(28,29)26(4)16-8-6-7-15(10-16)17-11-19-21-14(3)12-27(19)20(22-17)23-18-9-13(2)24-25-18/h6-12H,5H2,1-4H3,(H2,22,23,24,25). The first-order chi connectivity index (χ1) is 14.3. The Bertz CT molecular complexity index is 1320. The molecule has 0 atom stereocenters. The summed E-state index contributed by atoms with van der Waals surface area (Å²) in [6.07, 6.45) is 1.89. The Morgan fingerprint density at radius 3 is 2.67 bits per heavy atom. The van der Waals surface area contributed by atoms with Gasteiger partial charge in [-0.15, -0.1) is 0 Å². The van der Waals surface area contributed by atoms with Crippen LogP contribution in [0.15, 0.2) is 42.6 Å². The van der Waals surface area contributed by atoms with Gasteiger partial charge in [-0.25, -0.2) is 18.4 Å². The molecule has 156 valence electrons. The van der Waals surface area contributed by atoms with E-state index in [-0.39, 0.29) is 5.75 Å². The molecule has 0 saturated heterocycles. The van der Waals surface area contributed by atoms with Gasteiger partial charge in [0, 0.05) is 36.6 Å². The zero-order valence-electron chi connectivity index (χ0n) is 17.2. The highest BCUT2D eigenvalue weighted by molar-refractivity contribution is 7.92. The van der Waals surface area contributed by atoms with Gasteiger partial charge in [0.2, 0.25) is 16.0 Å². The van der Waals surface area contributed by atoms with Crippen LogP contribution >= 0.6 is 0 Å². The van der Waals surface area contributed by atoms with Gasteiger partial charge >= 0.3 is 0 Å². The lowest BCUT2D eigenvalue weighted by Gasteiger charge is -2.19. The molecular weight excluding hydrogens is 402 g/mol. The monoisotopic (exact) mass is 425 g/mol.